The summed E-state index contributed by atoms with van der Waals surface area (Å²) in [5, 5.41) is 0.00376. The van der Waals surface area contributed by atoms with Crippen molar-refractivity contribution in [2.75, 3.05) is 12.8 Å². The lowest BCUT2D eigenvalue weighted by molar-refractivity contribution is 0.0594. The number of hydrogen-bond acceptors (Lipinski definition) is 4. The molecular weight excluding hydrogens is 318 g/mol. The van der Waals surface area contributed by atoms with Crippen LogP contribution in [0.4, 0.5) is 10.1 Å². The van der Waals surface area contributed by atoms with Gasteiger partial charge >= 0.3 is 5.97 Å². The maximum atomic E-state index is 13.9. The van der Waals surface area contributed by atoms with Crippen molar-refractivity contribution in [2.24, 2.45) is 0 Å². The maximum Gasteiger partial charge on any atom is 0.358 e. The summed E-state index contributed by atoms with van der Waals surface area (Å²) in [5.41, 5.74) is 6.87. The van der Waals surface area contributed by atoms with Gasteiger partial charge in [-0.3, -0.25) is 0 Å². The molecule has 7 heteroatoms. The predicted molar refractivity (Wildman–Crippen MR) is 80.1 cm³/mol. The molecule has 0 aliphatic carbocycles. The summed E-state index contributed by atoms with van der Waals surface area (Å²) in [6.07, 6.45) is 0. The van der Waals surface area contributed by atoms with Crippen LogP contribution in [0.15, 0.2) is 18.2 Å². The smallest absolute Gasteiger partial charge is 0.358 e. The highest BCUT2D eigenvalue weighted by Crippen LogP contribution is 2.32. The van der Waals surface area contributed by atoms with E-state index < -0.39 is 11.8 Å². The van der Waals surface area contributed by atoms with Crippen molar-refractivity contribution in [2.45, 2.75) is 6.92 Å². The SMILES string of the molecule is COC(=O)c1nc(-c2ccc(Cl)c(F)c2C)cc(N)c1Cl. The van der Waals surface area contributed by atoms with Crippen molar-refractivity contribution in [3.05, 3.63) is 45.3 Å². The quantitative estimate of drug-likeness (QED) is 0.850. The number of nitrogens with zero attached hydrogens (tertiary/aromatic N) is 1. The number of carbonyl (C=O) groups is 1. The van der Waals surface area contributed by atoms with E-state index in [4.69, 9.17) is 28.9 Å². The predicted octanol–water partition coefficient (Wildman–Crippen LogP) is 3.87. The number of nitrogens with two attached hydrogens (primary N) is 1. The van der Waals surface area contributed by atoms with Crippen molar-refractivity contribution < 1.29 is 13.9 Å². The van der Waals surface area contributed by atoms with Gasteiger partial charge in [-0.1, -0.05) is 29.3 Å². The number of anilines is 1. The Kier molecular flexibility index (Phi) is 4.34. The van der Waals surface area contributed by atoms with Gasteiger partial charge in [-0.25, -0.2) is 14.2 Å². The van der Waals surface area contributed by atoms with Gasteiger partial charge in [0.05, 0.1) is 28.5 Å². The molecule has 2 rings (SSSR count). The topological polar surface area (TPSA) is 65.2 Å². The highest BCUT2D eigenvalue weighted by molar-refractivity contribution is 6.35. The Labute approximate surface area is 130 Å². The fourth-order valence-electron chi connectivity index (χ4n) is 1.85. The molecule has 21 heavy (non-hydrogen) atoms. The summed E-state index contributed by atoms with van der Waals surface area (Å²) in [6, 6.07) is 4.46. The molecule has 110 valence electrons. The Morgan fingerprint density at radius 3 is 2.67 bits per heavy atom. The number of methoxy groups -OCH3 is 1. The van der Waals surface area contributed by atoms with Crippen molar-refractivity contribution >= 4 is 34.9 Å². The number of esters is 1. The highest BCUT2D eigenvalue weighted by atomic mass is 35.5. The Morgan fingerprint density at radius 2 is 2.05 bits per heavy atom. The average molecular weight is 329 g/mol. The Hall–Kier alpha value is -1.85. The molecule has 1 aromatic carbocycles. The molecule has 0 spiro atoms. The molecule has 2 aromatic rings. The number of hydrogen-bond donors (Lipinski definition) is 1. The molecule has 1 heterocycles. The molecule has 0 atom stereocenters. The summed E-state index contributed by atoms with van der Waals surface area (Å²) in [4.78, 5) is 15.8. The summed E-state index contributed by atoms with van der Waals surface area (Å²) in [7, 11) is 1.20. The maximum absolute atomic E-state index is 13.9. The lowest BCUT2D eigenvalue weighted by Crippen LogP contribution is -2.08. The molecule has 1 aromatic heterocycles. The third kappa shape index (κ3) is 2.80. The Bertz CT molecular complexity index is 735. The zero-order valence-corrected chi connectivity index (χ0v) is 12.7. The van der Waals surface area contributed by atoms with E-state index in [0.717, 1.165) is 0 Å². The van der Waals surface area contributed by atoms with Gasteiger partial charge in [-0.15, -0.1) is 0 Å². The molecule has 2 N–H and O–H groups in total. The summed E-state index contributed by atoms with van der Waals surface area (Å²) in [6.45, 7) is 1.56. The zero-order chi connectivity index (χ0) is 15.7. The van der Waals surface area contributed by atoms with E-state index in [1.807, 2.05) is 0 Å². The lowest BCUT2D eigenvalue weighted by atomic mass is 10.0. The first-order chi connectivity index (χ1) is 9.86. The molecule has 0 fully saturated rings. The van der Waals surface area contributed by atoms with Gasteiger partial charge in [0.25, 0.3) is 0 Å². The van der Waals surface area contributed by atoms with Crippen molar-refractivity contribution in [1.82, 2.24) is 4.98 Å². The molecule has 0 saturated carbocycles. The average Bonchev–Trinajstić information content (AvgIpc) is 2.47. The van der Waals surface area contributed by atoms with Gasteiger partial charge < -0.3 is 10.5 Å². The van der Waals surface area contributed by atoms with Crippen LogP contribution in [0.2, 0.25) is 10.0 Å². The minimum atomic E-state index is -0.722. The molecule has 0 aliphatic rings. The van der Waals surface area contributed by atoms with Crippen LogP contribution in [0.3, 0.4) is 0 Å². The fourth-order valence-corrected chi connectivity index (χ4v) is 2.23. The number of aromatic nitrogens is 1. The second-order valence-electron chi connectivity index (χ2n) is 4.28. The normalized spacial score (nSPS) is 10.5. The van der Waals surface area contributed by atoms with Crippen molar-refractivity contribution in [3.8, 4) is 11.3 Å². The first-order valence-electron chi connectivity index (χ1n) is 5.86. The van der Waals surface area contributed by atoms with E-state index >= 15 is 0 Å². The third-order valence-corrected chi connectivity index (χ3v) is 3.67. The largest absolute Gasteiger partial charge is 0.464 e. The van der Waals surface area contributed by atoms with E-state index in [9.17, 15) is 9.18 Å². The van der Waals surface area contributed by atoms with E-state index in [1.54, 1.807) is 13.0 Å². The van der Waals surface area contributed by atoms with Gasteiger partial charge in [0, 0.05) is 5.56 Å². The number of pyridine rings is 1. The van der Waals surface area contributed by atoms with E-state index in [1.165, 1.54) is 19.2 Å². The molecule has 0 aliphatic heterocycles. The second-order valence-corrected chi connectivity index (χ2v) is 5.07. The number of halogens is 3. The van der Waals surface area contributed by atoms with Crippen LogP contribution in [-0.2, 0) is 4.74 Å². The van der Waals surface area contributed by atoms with Gasteiger partial charge in [-0.2, -0.15) is 0 Å². The van der Waals surface area contributed by atoms with Crippen LogP contribution in [0, 0.1) is 12.7 Å². The van der Waals surface area contributed by atoms with E-state index in [0.29, 0.717) is 16.8 Å². The molecular formula is C14H11Cl2FN2O2. The van der Waals surface area contributed by atoms with Crippen LogP contribution in [0.1, 0.15) is 16.1 Å². The summed E-state index contributed by atoms with van der Waals surface area (Å²) in [5.74, 6) is -1.27. The second kappa shape index (κ2) is 5.87. The standard InChI is InChI=1S/C14H11Cl2FN2O2/c1-6-7(3-4-8(15)12(6)17)10-5-9(18)11(16)13(19-10)14(20)21-2/h3-5H,1-2H3,(H2,18,19). The molecule has 0 radical (unpaired) electrons. The zero-order valence-electron chi connectivity index (χ0n) is 11.2. The van der Waals surface area contributed by atoms with E-state index in [-0.39, 0.29) is 21.4 Å². The minimum Gasteiger partial charge on any atom is -0.464 e. The van der Waals surface area contributed by atoms with Gasteiger partial charge in [0.2, 0.25) is 0 Å². The number of rotatable bonds is 2. The first kappa shape index (κ1) is 15.5. The highest BCUT2D eigenvalue weighted by Gasteiger charge is 2.19. The monoisotopic (exact) mass is 328 g/mol. The van der Waals surface area contributed by atoms with Crippen LogP contribution in [0.25, 0.3) is 11.3 Å². The minimum absolute atomic E-state index is 0.00214. The number of nitrogen functional groups attached to an aromatic ring is 1. The number of carbonyl (C=O) groups excluding carboxylic acids is 1. The third-order valence-electron chi connectivity index (χ3n) is 2.98. The van der Waals surface area contributed by atoms with Crippen molar-refractivity contribution in [1.29, 1.82) is 0 Å². The molecule has 0 bridgehead atoms. The van der Waals surface area contributed by atoms with Gasteiger partial charge in [0.15, 0.2) is 5.69 Å². The number of ether oxygens (including phenoxy) is 1. The molecule has 0 amide bonds. The summed E-state index contributed by atoms with van der Waals surface area (Å²) < 4.78 is 18.5. The van der Waals surface area contributed by atoms with Crippen LogP contribution < -0.4 is 5.73 Å². The Morgan fingerprint density at radius 1 is 1.38 bits per heavy atom. The molecule has 0 saturated heterocycles. The fraction of sp³-hybridized carbons (Fsp3) is 0.143. The van der Waals surface area contributed by atoms with E-state index in [2.05, 4.69) is 9.72 Å². The number of benzene rings is 1. The van der Waals surface area contributed by atoms with Crippen LogP contribution >= 0.6 is 23.2 Å². The van der Waals surface area contributed by atoms with Gasteiger partial charge in [0.1, 0.15) is 5.82 Å². The lowest BCUT2D eigenvalue weighted by Gasteiger charge is -2.11. The van der Waals surface area contributed by atoms with Crippen LogP contribution in [0.5, 0.6) is 0 Å². The first-order valence-corrected chi connectivity index (χ1v) is 6.61. The van der Waals surface area contributed by atoms with Crippen LogP contribution in [-0.4, -0.2) is 18.1 Å². The molecule has 0 unspecified atom stereocenters. The summed E-state index contributed by atoms with van der Waals surface area (Å²) >= 11 is 11.7. The van der Waals surface area contributed by atoms with Gasteiger partial charge in [-0.05, 0) is 24.6 Å². The van der Waals surface area contributed by atoms with Crippen molar-refractivity contribution in [3.63, 3.8) is 0 Å². The molecule has 4 nitrogen and oxygen atoms in total. The Balaban J connectivity index is 2.68.